The number of hydrogen-bond acceptors (Lipinski definition) is 7. The van der Waals surface area contributed by atoms with Gasteiger partial charge in [0.15, 0.2) is 17.0 Å². The molecule has 1 fully saturated rings. The van der Waals surface area contributed by atoms with Crippen LogP contribution in [-0.4, -0.2) is 48.5 Å². The van der Waals surface area contributed by atoms with Crippen LogP contribution in [0.2, 0.25) is 0 Å². The van der Waals surface area contributed by atoms with Gasteiger partial charge >= 0.3 is 12.1 Å². The van der Waals surface area contributed by atoms with Gasteiger partial charge in [-0.05, 0) is 30.5 Å². The third kappa shape index (κ3) is 3.66. The molecule has 0 saturated carbocycles. The number of fused-ring (bicyclic) bond motifs is 1. The number of carbonyl (C=O) groups excluding carboxylic acids is 4. The number of amides is 6. The van der Waals surface area contributed by atoms with Crippen molar-refractivity contribution in [1.82, 2.24) is 15.5 Å². The van der Waals surface area contributed by atoms with Crippen molar-refractivity contribution in [3.63, 3.8) is 0 Å². The van der Waals surface area contributed by atoms with Gasteiger partial charge in [0, 0.05) is 16.6 Å². The maximum atomic E-state index is 12.7. The zero-order valence-electron chi connectivity index (χ0n) is 15.9. The molecule has 0 spiro atoms. The van der Waals surface area contributed by atoms with E-state index in [0.717, 1.165) is 4.90 Å². The Kier molecular flexibility index (Phi) is 5.04. The van der Waals surface area contributed by atoms with E-state index in [2.05, 4.69) is 16.0 Å². The normalized spacial score (nSPS) is 20.0. The van der Waals surface area contributed by atoms with Crippen LogP contribution in [0.25, 0.3) is 0 Å². The second-order valence-corrected chi connectivity index (χ2v) is 7.73. The molecule has 1 saturated heterocycles. The summed E-state index contributed by atoms with van der Waals surface area (Å²) in [6.45, 7) is 1.84. The Morgan fingerprint density at radius 1 is 1.20 bits per heavy atom. The lowest BCUT2D eigenvalue weighted by Gasteiger charge is -2.20. The fourth-order valence-corrected chi connectivity index (χ4v) is 4.00. The minimum Gasteiger partial charge on any atom is -0.486 e. The van der Waals surface area contributed by atoms with Gasteiger partial charge in [0.05, 0.1) is 0 Å². The third-order valence-electron chi connectivity index (χ3n) is 4.64. The van der Waals surface area contributed by atoms with Gasteiger partial charge in [-0.2, -0.15) is 0 Å². The number of imide groups is 2. The quantitative estimate of drug-likeness (QED) is 0.633. The summed E-state index contributed by atoms with van der Waals surface area (Å²) in [5.41, 5.74) is -0.844. The third-order valence-corrected chi connectivity index (χ3v) is 5.74. The molecule has 11 heteroatoms. The van der Waals surface area contributed by atoms with Gasteiger partial charge in [-0.1, -0.05) is 6.07 Å². The molecule has 1 atom stereocenters. The topological polar surface area (TPSA) is 126 Å². The van der Waals surface area contributed by atoms with Crippen molar-refractivity contribution < 1.29 is 28.7 Å². The van der Waals surface area contributed by atoms with Crippen LogP contribution in [0.5, 0.6) is 11.5 Å². The second kappa shape index (κ2) is 7.67. The number of hydrogen-bond donors (Lipinski definition) is 3. The number of benzene rings is 1. The fraction of sp³-hybridized carbons (Fsp3) is 0.263. The summed E-state index contributed by atoms with van der Waals surface area (Å²) < 4.78 is 10.8. The van der Waals surface area contributed by atoms with E-state index < -0.39 is 36.0 Å². The van der Waals surface area contributed by atoms with E-state index in [0.29, 0.717) is 35.3 Å². The van der Waals surface area contributed by atoms with Crippen LogP contribution in [0.4, 0.5) is 15.3 Å². The van der Waals surface area contributed by atoms with Crippen molar-refractivity contribution >= 4 is 40.9 Å². The Hall–Kier alpha value is -3.60. The van der Waals surface area contributed by atoms with Crippen LogP contribution in [0.1, 0.15) is 11.8 Å². The van der Waals surface area contributed by atoms with E-state index in [9.17, 15) is 19.2 Å². The van der Waals surface area contributed by atoms with Gasteiger partial charge in [0.25, 0.3) is 5.91 Å². The van der Waals surface area contributed by atoms with Gasteiger partial charge in [-0.25, -0.2) is 9.59 Å². The van der Waals surface area contributed by atoms with Gasteiger partial charge in [-0.15, -0.1) is 11.3 Å². The first-order chi connectivity index (χ1) is 14.4. The average Bonchev–Trinajstić information content (AvgIpc) is 3.32. The van der Waals surface area contributed by atoms with E-state index >= 15 is 0 Å². The monoisotopic (exact) mass is 430 g/mol. The molecule has 2 aromatic rings. The Bertz CT molecular complexity index is 1020. The lowest BCUT2D eigenvalue weighted by atomic mass is 10.0. The summed E-state index contributed by atoms with van der Waals surface area (Å²) in [7, 11) is 0. The van der Waals surface area contributed by atoms with E-state index in [-0.39, 0.29) is 0 Å². The molecule has 0 radical (unpaired) electrons. The van der Waals surface area contributed by atoms with Crippen LogP contribution in [0.15, 0.2) is 35.7 Å². The fourth-order valence-electron chi connectivity index (χ4n) is 3.16. The van der Waals surface area contributed by atoms with Crippen molar-refractivity contribution in [2.75, 3.05) is 25.1 Å². The molecule has 1 aromatic heterocycles. The number of nitrogens with one attached hydrogen (secondary N) is 3. The zero-order chi connectivity index (χ0) is 21.3. The van der Waals surface area contributed by atoms with Crippen molar-refractivity contribution in [3.8, 4) is 11.5 Å². The molecule has 30 heavy (non-hydrogen) atoms. The van der Waals surface area contributed by atoms with E-state index in [1.54, 1.807) is 42.6 Å². The van der Waals surface area contributed by atoms with Crippen molar-refractivity contribution in [2.24, 2.45) is 0 Å². The highest BCUT2D eigenvalue weighted by molar-refractivity contribution is 7.10. The van der Waals surface area contributed by atoms with Crippen molar-refractivity contribution in [1.29, 1.82) is 0 Å². The number of nitrogens with zero attached hydrogens (tertiary/aromatic N) is 1. The van der Waals surface area contributed by atoms with Crippen LogP contribution < -0.4 is 25.4 Å². The van der Waals surface area contributed by atoms with Crippen molar-refractivity contribution in [2.45, 2.75) is 12.5 Å². The lowest BCUT2D eigenvalue weighted by Crippen LogP contribution is -2.45. The number of urea groups is 2. The van der Waals surface area contributed by atoms with E-state index in [4.69, 9.17) is 9.47 Å². The molecule has 3 N–H and O–H groups in total. The van der Waals surface area contributed by atoms with Crippen molar-refractivity contribution in [3.05, 3.63) is 40.6 Å². The number of ether oxygens (including phenoxy) is 2. The molecule has 156 valence electrons. The molecule has 6 amide bonds. The Morgan fingerprint density at radius 2 is 1.97 bits per heavy atom. The highest BCUT2D eigenvalue weighted by Gasteiger charge is 2.50. The smallest absolute Gasteiger partial charge is 0.325 e. The predicted molar refractivity (Wildman–Crippen MR) is 107 cm³/mol. The first-order valence-electron chi connectivity index (χ1n) is 9.05. The first-order valence-corrected chi connectivity index (χ1v) is 9.93. The minimum absolute atomic E-state index is 0.393. The second-order valence-electron chi connectivity index (χ2n) is 6.78. The average molecular weight is 430 g/mol. The Balaban J connectivity index is 1.36. The summed E-state index contributed by atoms with van der Waals surface area (Å²) in [6.07, 6.45) is 0. The number of carbonyl (C=O) groups is 4. The summed E-state index contributed by atoms with van der Waals surface area (Å²) in [6, 6.07) is 6.81. The van der Waals surface area contributed by atoms with Crippen LogP contribution in [0.3, 0.4) is 0 Å². The molecule has 2 aliphatic rings. The summed E-state index contributed by atoms with van der Waals surface area (Å²) in [4.78, 5) is 50.8. The molecule has 1 aromatic carbocycles. The van der Waals surface area contributed by atoms with Crippen LogP contribution in [-0.2, 0) is 15.1 Å². The van der Waals surface area contributed by atoms with Crippen LogP contribution in [0, 0.1) is 0 Å². The zero-order valence-corrected chi connectivity index (χ0v) is 16.7. The molecule has 1 unspecified atom stereocenters. The molecule has 10 nitrogen and oxygen atoms in total. The maximum Gasteiger partial charge on any atom is 0.325 e. The standard InChI is InChI=1S/C19H18N4O6S/c1-19(14-3-2-8-30-14)16(25)23(18(27)22-19)10-15(24)21-17(26)20-11-4-5-12-13(9-11)29-7-6-28-12/h2-5,8-9H,6-7,10H2,1H3,(H,22,27)(H2,20,21,24,26). The van der Waals surface area contributed by atoms with Gasteiger partial charge in [0.2, 0.25) is 5.91 Å². The minimum atomic E-state index is -1.24. The predicted octanol–water partition coefficient (Wildman–Crippen LogP) is 1.63. The number of rotatable bonds is 4. The number of anilines is 1. The highest BCUT2D eigenvalue weighted by Crippen LogP contribution is 2.33. The Morgan fingerprint density at radius 3 is 2.70 bits per heavy atom. The molecule has 4 rings (SSSR count). The summed E-state index contributed by atoms with van der Waals surface area (Å²) >= 11 is 1.32. The number of thiophene rings is 1. The Labute approximate surface area is 175 Å². The molecule has 0 aliphatic carbocycles. The highest BCUT2D eigenvalue weighted by atomic mass is 32.1. The van der Waals surface area contributed by atoms with E-state index in [1.165, 1.54) is 11.3 Å². The molecule has 2 aliphatic heterocycles. The molecule has 3 heterocycles. The summed E-state index contributed by atoms with van der Waals surface area (Å²) in [5, 5.41) is 9.00. The van der Waals surface area contributed by atoms with E-state index in [1.807, 2.05) is 0 Å². The SMILES string of the molecule is CC1(c2cccs2)NC(=O)N(CC(=O)NC(=O)Nc2ccc3c(c2)OCCO3)C1=O. The van der Waals surface area contributed by atoms with Gasteiger partial charge in [-0.3, -0.25) is 19.8 Å². The molecular formula is C19H18N4O6S. The van der Waals surface area contributed by atoms with Gasteiger partial charge < -0.3 is 20.1 Å². The largest absolute Gasteiger partial charge is 0.486 e. The molecule has 0 bridgehead atoms. The van der Waals surface area contributed by atoms with Crippen LogP contribution >= 0.6 is 11.3 Å². The molecular weight excluding hydrogens is 412 g/mol. The first kappa shape index (κ1) is 19.7. The summed E-state index contributed by atoms with van der Waals surface area (Å²) in [5.74, 6) is -0.311. The maximum absolute atomic E-state index is 12.7. The van der Waals surface area contributed by atoms with Gasteiger partial charge in [0.1, 0.15) is 19.8 Å². The lowest BCUT2D eigenvalue weighted by molar-refractivity contribution is -0.134.